The third-order valence-electron chi connectivity index (χ3n) is 4.71. The van der Waals surface area contributed by atoms with Gasteiger partial charge in [0.15, 0.2) is 0 Å². The highest BCUT2D eigenvalue weighted by Gasteiger charge is 2.19. The summed E-state index contributed by atoms with van der Waals surface area (Å²) in [5.74, 6) is -0.372. The van der Waals surface area contributed by atoms with Crippen LogP contribution in [0.1, 0.15) is 45.1 Å². The number of nitrogens with zero attached hydrogens (tertiary/aromatic N) is 4. The van der Waals surface area contributed by atoms with Crippen molar-refractivity contribution in [3.8, 4) is 0 Å². The lowest BCUT2D eigenvalue weighted by Crippen LogP contribution is -2.18. The predicted octanol–water partition coefficient (Wildman–Crippen LogP) is 4.60. The summed E-state index contributed by atoms with van der Waals surface area (Å²) in [4.78, 5) is 21.9. The second-order valence-corrected chi connectivity index (χ2v) is 6.88. The first-order valence-electron chi connectivity index (χ1n) is 9.80. The Morgan fingerprint density at radius 3 is 2.54 bits per heavy atom. The summed E-state index contributed by atoms with van der Waals surface area (Å²) in [6, 6.07) is 14.2. The van der Waals surface area contributed by atoms with Crippen LogP contribution in [0.3, 0.4) is 0 Å². The van der Waals surface area contributed by atoms with Gasteiger partial charge in [-0.1, -0.05) is 68.2 Å². The fourth-order valence-electron chi connectivity index (χ4n) is 3.26. The van der Waals surface area contributed by atoms with E-state index in [2.05, 4.69) is 47.3 Å². The van der Waals surface area contributed by atoms with E-state index in [1.54, 1.807) is 11.0 Å². The Labute approximate surface area is 165 Å². The predicted molar refractivity (Wildman–Crippen MR) is 110 cm³/mol. The van der Waals surface area contributed by atoms with Crippen molar-refractivity contribution < 1.29 is 9.63 Å². The molecule has 0 bridgehead atoms. The number of fused-ring (bicyclic) bond motifs is 1. The van der Waals surface area contributed by atoms with Crippen LogP contribution in [-0.4, -0.2) is 26.4 Å². The van der Waals surface area contributed by atoms with Crippen molar-refractivity contribution in [3.05, 3.63) is 60.7 Å². The standard InChI is InChI=1S/C22H26N4O2/c1-3-7-18(8-4-2)22(27)28-25-21(14-26-16-23-15-24-26)20-12-11-17-9-5-6-10-19(17)13-20/h5-6,9-13,15-16,18H,3-4,7-8,14H2,1-2H3/b25-21+. The van der Waals surface area contributed by atoms with Crippen LogP contribution in [0, 0.1) is 5.92 Å². The van der Waals surface area contributed by atoms with Crippen LogP contribution in [0.2, 0.25) is 0 Å². The normalized spacial score (nSPS) is 11.9. The van der Waals surface area contributed by atoms with Crippen LogP contribution in [0.25, 0.3) is 10.8 Å². The minimum Gasteiger partial charge on any atom is -0.318 e. The summed E-state index contributed by atoms with van der Waals surface area (Å²) in [5, 5.41) is 10.6. The average molecular weight is 378 g/mol. The molecule has 1 heterocycles. The van der Waals surface area contributed by atoms with Gasteiger partial charge in [-0.05, 0) is 29.7 Å². The molecule has 1 aromatic heterocycles. The van der Waals surface area contributed by atoms with Gasteiger partial charge in [0, 0.05) is 5.56 Å². The molecule has 0 unspecified atom stereocenters. The van der Waals surface area contributed by atoms with E-state index in [4.69, 9.17) is 4.84 Å². The molecule has 0 saturated carbocycles. The third kappa shape index (κ3) is 5.03. The molecule has 6 nitrogen and oxygen atoms in total. The van der Waals surface area contributed by atoms with Gasteiger partial charge < -0.3 is 4.84 Å². The monoisotopic (exact) mass is 378 g/mol. The van der Waals surface area contributed by atoms with Crippen molar-refractivity contribution in [1.82, 2.24) is 14.8 Å². The van der Waals surface area contributed by atoms with Gasteiger partial charge in [-0.2, -0.15) is 5.10 Å². The summed E-state index contributed by atoms with van der Waals surface area (Å²) in [6.45, 7) is 4.52. The molecular weight excluding hydrogens is 352 g/mol. The Kier molecular flexibility index (Phi) is 6.89. The molecule has 0 spiro atoms. The molecule has 3 rings (SSSR count). The zero-order valence-electron chi connectivity index (χ0n) is 16.4. The van der Waals surface area contributed by atoms with Crippen LogP contribution >= 0.6 is 0 Å². The van der Waals surface area contributed by atoms with Crippen LogP contribution in [0.5, 0.6) is 0 Å². The minimum absolute atomic E-state index is 0.108. The second kappa shape index (κ2) is 9.78. The Morgan fingerprint density at radius 2 is 1.86 bits per heavy atom. The summed E-state index contributed by atoms with van der Waals surface area (Å²) in [5.41, 5.74) is 1.53. The van der Waals surface area contributed by atoms with E-state index in [0.717, 1.165) is 42.0 Å². The zero-order valence-corrected chi connectivity index (χ0v) is 16.4. The lowest BCUT2D eigenvalue weighted by atomic mass is 9.99. The first kappa shape index (κ1) is 19.7. The van der Waals surface area contributed by atoms with E-state index in [1.165, 1.54) is 6.33 Å². The van der Waals surface area contributed by atoms with Gasteiger partial charge in [-0.15, -0.1) is 0 Å². The van der Waals surface area contributed by atoms with Gasteiger partial charge >= 0.3 is 5.97 Å². The zero-order chi connectivity index (χ0) is 19.8. The lowest BCUT2D eigenvalue weighted by Gasteiger charge is -2.12. The maximum Gasteiger partial charge on any atom is 0.338 e. The summed E-state index contributed by atoms with van der Waals surface area (Å²) < 4.78 is 1.66. The molecular formula is C22H26N4O2. The van der Waals surface area contributed by atoms with E-state index in [0.29, 0.717) is 12.3 Å². The first-order chi connectivity index (χ1) is 13.7. The highest BCUT2D eigenvalue weighted by atomic mass is 16.7. The topological polar surface area (TPSA) is 69.4 Å². The Bertz CT molecular complexity index is 929. The van der Waals surface area contributed by atoms with Gasteiger partial charge in [0.25, 0.3) is 0 Å². The summed E-state index contributed by atoms with van der Waals surface area (Å²) in [6.07, 6.45) is 6.62. The van der Waals surface area contributed by atoms with E-state index >= 15 is 0 Å². The Hall–Kier alpha value is -3.02. The van der Waals surface area contributed by atoms with E-state index in [1.807, 2.05) is 24.3 Å². The van der Waals surface area contributed by atoms with Gasteiger partial charge in [-0.3, -0.25) is 0 Å². The SMILES string of the molecule is CCCC(CCC)C(=O)O/N=C(\Cn1cncn1)c1ccc2ccccc2c1. The van der Waals surface area contributed by atoms with E-state index in [9.17, 15) is 4.79 Å². The molecule has 0 fully saturated rings. The molecule has 146 valence electrons. The van der Waals surface area contributed by atoms with Gasteiger partial charge in [0.2, 0.25) is 0 Å². The lowest BCUT2D eigenvalue weighted by molar-refractivity contribution is -0.149. The Balaban J connectivity index is 1.87. The average Bonchev–Trinajstić information content (AvgIpc) is 3.23. The smallest absolute Gasteiger partial charge is 0.318 e. The quantitative estimate of drug-likeness (QED) is 0.310. The largest absolute Gasteiger partial charge is 0.338 e. The van der Waals surface area contributed by atoms with Crippen LogP contribution in [-0.2, 0) is 16.2 Å². The van der Waals surface area contributed by atoms with E-state index in [-0.39, 0.29) is 11.9 Å². The number of carbonyl (C=O) groups is 1. The molecule has 3 aromatic rings. The number of carbonyl (C=O) groups excluding carboxylic acids is 1. The number of benzene rings is 2. The first-order valence-corrected chi connectivity index (χ1v) is 9.80. The van der Waals surface area contributed by atoms with Crippen LogP contribution < -0.4 is 0 Å². The van der Waals surface area contributed by atoms with Gasteiger partial charge in [-0.25, -0.2) is 14.5 Å². The molecule has 0 aliphatic heterocycles. The summed E-state index contributed by atoms with van der Waals surface area (Å²) >= 11 is 0. The molecule has 0 aliphatic rings. The number of rotatable bonds is 9. The van der Waals surface area contributed by atoms with Crippen molar-refractivity contribution in [2.75, 3.05) is 0 Å². The molecule has 28 heavy (non-hydrogen) atoms. The fourth-order valence-corrected chi connectivity index (χ4v) is 3.26. The number of hydrogen-bond donors (Lipinski definition) is 0. The van der Waals surface area contributed by atoms with Crippen LogP contribution in [0.4, 0.5) is 0 Å². The van der Waals surface area contributed by atoms with Gasteiger partial charge in [0.1, 0.15) is 18.4 Å². The molecule has 0 aliphatic carbocycles. The summed E-state index contributed by atoms with van der Waals surface area (Å²) in [7, 11) is 0. The number of hydrogen-bond acceptors (Lipinski definition) is 5. The molecule has 0 amide bonds. The molecule has 0 saturated heterocycles. The van der Waals surface area contributed by atoms with Crippen molar-refractivity contribution in [2.24, 2.45) is 11.1 Å². The van der Waals surface area contributed by atoms with Crippen LogP contribution in [0.15, 0.2) is 60.3 Å². The molecule has 2 aromatic carbocycles. The molecule has 0 N–H and O–H groups in total. The highest BCUT2D eigenvalue weighted by Crippen LogP contribution is 2.18. The second-order valence-electron chi connectivity index (χ2n) is 6.88. The minimum atomic E-state index is -0.263. The van der Waals surface area contributed by atoms with Gasteiger partial charge in [0.05, 0.1) is 12.5 Å². The third-order valence-corrected chi connectivity index (χ3v) is 4.71. The number of aromatic nitrogens is 3. The Morgan fingerprint density at radius 1 is 1.11 bits per heavy atom. The maximum absolute atomic E-state index is 12.5. The maximum atomic E-state index is 12.5. The van der Waals surface area contributed by atoms with Crippen molar-refractivity contribution in [3.63, 3.8) is 0 Å². The highest BCUT2D eigenvalue weighted by molar-refractivity contribution is 6.03. The van der Waals surface area contributed by atoms with Crippen molar-refractivity contribution in [2.45, 2.75) is 46.1 Å². The fraction of sp³-hybridized carbons (Fsp3) is 0.364. The van der Waals surface area contributed by atoms with E-state index < -0.39 is 0 Å². The molecule has 6 heteroatoms. The number of oxime groups is 1. The van der Waals surface area contributed by atoms with Crippen molar-refractivity contribution >= 4 is 22.5 Å². The molecule has 0 atom stereocenters. The molecule has 0 radical (unpaired) electrons. The van der Waals surface area contributed by atoms with Crippen molar-refractivity contribution in [1.29, 1.82) is 0 Å².